The molecule has 2 rings (SSSR count). The van der Waals surface area contributed by atoms with Crippen molar-refractivity contribution < 1.29 is 14.6 Å². The minimum Gasteiger partial charge on any atom is -0.491 e. The molecule has 1 aromatic heterocycles. The van der Waals surface area contributed by atoms with Gasteiger partial charge >= 0.3 is 5.97 Å². The molecule has 0 fully saturated rings. The molecule has 0 unspecified atom stereocenters. The Hall–Kier alpha value is -1.53. The number of aromatic carboxylic acids is 1. The van der Waals surface area contributed by atoms with Crippen molar-refractivity contribution in [3.63, 3.8) is 0 Å². The second-order valence-electron chi connectivity index (χ2n) is 4.20. The number of carbonyl (C=O) groups is 1. The van der Waals surface area contributed by atoms with Crippen molar-refractivity contribution in [2.45, 2.75) is 23.3 Å². The van der Waals surface area contributed by atoms with Gasteiger partial charge in [-0.1, -0.05) is 34.6 Å². The first-order valence-corrected chi connectivity index (χ1v) is 8.01. The second-order valence-corrected chi connectivity index (χ2v) is 6.15. The van der Waals surface area contributed by atoms with Crippen molar-refractivity contribution >= 4 is 33.7 Å². The number of benzene rings is 1. The van der Waals surface area contributed by atoms with Crippen LogP contribution in [0, 0.1) is 0 Å². The molecule has 0 aliphatic rings. The number of rotatable bonds is 6. The number of nitrogens with zero attached hydrogens (tertiary/aromatic N) is 1. The Morgan fingerprint density at radius 1 is 1.43 bits per heavy atom. The van der Waals surface area contributed by atoms with Gasteiger partial charge in [-0.3, -0.25) is 0 Å². The quantitative estimate of drug-likeness (QED) is 0.815. The van der Waals surface area contributed by atoms with E-state index in [-0.39, 0.29) is 5.56 Å². The molecule has 0 atom stereocenters. The summed E-state index contributed by atoms with van der Waals surface area (Å²) in [5.74, 6) is -0.294. The summed E-state index contributed by atoms with van der Waals surface area (Å²) in [6, 6.07) is 8.69. The van der Waals surface area contributed by atoms with Gasteiger partial charge in [-0.25, -0.2) is 9.78 Å². The van der Waals surface area contributed by atoms with Crippen LogP contribution in [0.25, 0.3) is 0 Å². The van der Waals surface area contributed by atoms with Crippen molar-refractivity contribution in [3.8, 4) is 5.75 Å². The van der Waals surface area contributed by atoms with E-state index in [2.05, 4.69) is 20.9 Å². The van der Waals surface area contributed by atoms with Gasteiger partial charge in [-0.2, -0.15) is 0 Å². The number of pyridine rings is 1. The average molecular weight is 368 g/mol. The van der Waals surface area contributed by atoms with Crippen LogP contribution in [-0.4, -0.2) is 22.7 Å². The molecule has 0 saturated carbocycles. The molecule has 0 aliphatic carbocycles. The fourth-order valence-corrected chi connectivity index (χ4v) is 3.15. The van der Waals surface area contributed by atoms with E-state index in [1.807, 2.05) is 13.0 Å². The van der Waals surface area contributed by atoms with E-state index in [1.165, 1.54) is 11.8 Å². The zero-order chi connectivity index (χ0) is 15.2. The molecule has 2 aromatic rings. The Bertz CT molecular complexity index is 649. The summed E-state index contributed by atoms with van der Waals surface area (Å²) in [7, 11) is 0. The fourth-order valence-electron chi connectivity index (χ4n) is 1.64. The molecular weight excluding hydrogens is 354 g/mol. The Kier molecular flexibility index (Phi) is 5.64. The summed E-state index contributed by atoms with van der Waals surface area (Å²) in [6.45, 7) is 2.63. The number of ether oxygens (including phenoxy) is 1. The standard InChI is InChI=1S/C15H14BrNO3S/c1-2-8-20-12-4-3-7-17-14(12)21-13-9-10(16)5-6-11(13)15(18)19/h3-7,9H,2,8H2,1H3,(H,18,19). The highest BCUT2D eigenvalue weighted by Gasteiger charge is 2.14. The minimum absolute atomic E-state index is 0.246. The third kappa shape index (κ3) is 4.22. The number of hydrogen-bond acceptors (Lipinski definition) is 4. The number of hydrogen-bond donors (Lipinski definition) is 1. The molecule has 4 nitrogen and oxygen atoms in total. The highest BCUT2D eigenvalue weighted by Crippen LogP contribution is 2.36. The zero-order valence-electron chi connectivity index (χ0n) is 11.4. The first-order chi connectivity index (χ1) is 10.1. The molecule has 0 bridgehead atoms. The van der Waals surface area contributed by atoms with Crippen molar-refractivity contribution in [1.29, 1.82) is 0 Å². The van der Waals surface area contributed by atoms with Gasteiger partial charge in [0, 0.05) is 15.6 Å². The van der Waals surface area contributed by atoms with Crippen LogP contribution in [-0.2, 0) is 0 Å². The molecule has 110 valence electrons. The SMILES string of the molecule is CCCOc1cccnc1Sc1cc(Br)ccc1C(=O)O. The van der Waals surface area contributed by atoms with Crippen molar-refractivity contribution in [2.24, 2.45) is 0 Å². The van der Waals surface area contributed by atoms with Crippen molar-refractivity contribution in [3.05, 3.63) is 46.6 Å². The van der Waals surface area contributed by atoms with Crippen LogP contribution in [0.1, 0.15) is 23.7 Å². The number of carboxylic acids is 1. The van der Waals surface area contributed by atoms with Crippen LogP contribution < -0.4 is 4.74 Å². The van der Waals surface area contributed by atoms with Crippen LogP contribution in [0.4, 0.5) is 0 Å². The molecule has 0 spiro atoms. The van der Waals surface area contributed by atoms with E-state index in [9.17, 15) is 9.90 Å². The Morgan fingerprint density at radius 2 is 2.24 bits per heavy atom. The lowest BCUT2D eigenvalue weighted by molar-refractivity contribution is 0.0693. The maximum Gasteiger partial charge on any atom is 0.336 e. The normalized spacial score (nSPS) is 10.4. The van der Waals surface area contributed by atoms with E-state index < -0.39 is 5.97 Å². The van der Waals surface area contributed by atoms with Gasteiger partial charge in [-0.15, -0.1) is 0 Å². The topological polar surface area (TPSA) is 59.4 Å². The Labute approximate surface area is 135 Å². The summed E-state index contributed by atoms with van der Waals surface area (Å²) in [5.41, 5.74) is 0.246. The summed E-state index contributed by atoms with van der Waals surface area (Å²) in [6.07, 6.45) is 2.57. The van der Waals surface area contributed by atoms with Crippen LogP contribution in [0.15, 0.2) is 50.9 Å². The number of aromatic nitrogens is 1. The average Bonchev–Trinajstić information content (AvgIpc) is 2.46. The van der Waals surface area contributed by atoms with Gasteiger partial charge in [0.2, 0.25) is 0 Å². The highest BCUT2D eigenvalue weighted by molar-refractivity contribution is 9.10. The molecular formula is C15H14BrNO3S. The largest absolute Gasteiger partial charge is 0.491 e. The summed E-state index contributed by atoms with van der Waals surface area (Å²) in [5, 5.41) is 9.92. The summed E-state index contributed by atoms with van der Waals surface area (Å²) < 4.78 is 6.47. The lowest BCUT2D eigenvalue weighted by Gasteiger charge is -2.10. The monoisotopic (exact) mass is 367 g/mol. The van der Waals surface area contributed by atoms with E-state index in [0.29, 0.717) is 22.3 Å². The van der Waals surface area contributed by atoms with Gasteiger partial charge in [0.05, 0.1) is 12.2 Å². The molecule has 1 aromatic carbocycles. The minimum atomic E-state index is -0.961. The van der Waals surface area contributed by atoms with Gasteiger partial charge in [-0.05, 0) is 36.8 Å². The third-order valence-electron chi connectivity index (χ3n) is 2.58. The summed E-state index contributed by atoms with van der Waals surface area (Å²) >= 11 is 4.65. The lowest BCUT2D eigenvalue weighted by Crippen LogP contribution is -2.00. The smallest absolute Gasteiger partial charge is 0.336 e. The fraction of sp³-hybridized carbons (Fsp3) is 0.200. The van der Waals surface area contributed by atoms with Crippen molar-refractivity contribution in [1.82, 2.24) is 4.98 Å². The molecule has 21 heavy (non-hydrogen) atoms. The molecule has 0 saturated heterocycles. The van der Waals surface area contributed by atoms with E-state index in [0.717, 1.165) is 10.9 Å². The zero-order valence-corrected chi connectivity index (χ0v) is 13.8. The van der Waals surface area contributed by atoms with Gasteiger partial charge < -0.3 is 9.84 Å². The Balaban J connectivity index is 2.34. The maximum absolute atomic E-state index is 11.3. The molecule has 0 aliphatic heterocycles. The van der Waals surface area contributed by atoms with Gasteiger partial charge in [0.15, 0.2) is 5.75 Å². The molecule has 6 heteroatoms. The first kappa shape index (κ1) is 15.9. The van der Waals surface area contributed by atoms with Crippen molar-refractivity contribution in [2.75, 3.05) is 6.61 Å². The van der Waals surface area contributed by atoms with Crippen LogP contribution in [0.3, 0.4) is 0 Å². The number of halogens is 1. The van der Waals surface area contributed by atoms with Crippen LogP contribution in [0.2, 0.25) is 0 Å². The number of carboxylic acid groups (broad SMARTS) is 1. The molecule has 0 radical (unpaired) electrons. The van der Waals surface area contributed by atoms with E-state index in [1.54, 1.807) is 30.5 Å². The van der Waals surface area contributed by atoms with E-state index in [4.69, 9.17) is 4.74 Å². The third-order valence-corrected chi connectivity index (χ3v) is 4.13. The highest BCUT2D eigenvalue weighted by atomic mass is 79.9. The first-order valence-electron chi connectivity index (χ1n) is 6.40. The lowest BCUT2D eigenvalue weighted by atomic mass is 10.2. The molecule has 1 N–H and O–H groups in total. The van der Waals surface area contributed by atoms with Crippen LogP contribution in [0.5, 0.6) is 5.75 Å². The Morgan fingerprint density at radius 3 is 2.95 bits per heavy atom. The second kappa shape index (κ2) is 7.47. The van der Waals surface area contributed by atoms with Gasteiger partial charge in [0.1, 0.15) is 5.03 Å². The predicted octanol–water partition coefficient (Wildman–Crippen LogP) is 4.48. The van der Waals surface area contributed by atoms with Gasteiger partial charge in [0.25, 0.3) is 0 Å². The molecule has 1 heterocycles. The van der Waals surface area contributed by atoms with Crippen LogP contribution >= 0.6 is 27.7 Å². The van der Waals surface area contributed by atoms with E-state index >= 15 is 0 Å². The maximum atomic E-state index is 11.3. The predicted molar refractivity (Wildman–Crippen MR) is 85.2 cm³/mol. The molecule has 0 amide bonds. The summed E-state index contributed by atoms with van der Waals surface area (Å²) in [4.78, 5) is 16.2.